The molecule has 0 aliphatic heterocycles. The average Bonchev–Trinajstić information content (AvgIpc) is 2.63. The lowest BCUT2D eigenvalue weighted by atomic mass is 10.5. The summed E-state index contributed by atoms with van der Waals surface area (Å²) >= 11 is 0. The van der Waals surface area contributed by atoms with Crippen molar-refractivity contribution < 1.29 is 13.2 Å². The van der Waals surface area contributed by atoms with Crippen LogP contribution in [0.1, 0.15) is 5.69 Å². The monoisotopic (exact) mass is 261 g/mol. The summed E-state index contributed by atoms with van der Waals surface area (Å²) in [6.07, 6.45) is 2.68. The van der Waals surface area contributed by atoms with Gasteiger partial charge in [-0.05, 0) is 0 Å². The van der Waals surface area contributed by atoms with Crippen molar-refractivity contribution in [1.82, 2.24) is 20.3 Å². The summed E-state index contributed by atoms with van der Waals surface area (Å²) in [6, 6.07) is 0. The number of carbonyl (C=O) groups excluding carboxylic acids is 1. The van der Waals surface area contributed by atoms with Gasteiger partial charge < -0.3 is 11.1 Å². The molecule has 0 bridgehead atoms. The van der Waals surface area contributed by atoms with Gasteiger partial charge in [-0.1, -0.05) is 5.21 Å². The molecule has 3 N–H and O–H groups in total. The molecule has 0 spiro atoms. The van der Waals surface area contributed by atoms with Crippen LogP contribution in [0, 0.1) is 0 Å². The number of nitrogens with zero attached hydrogens (tertiary/aromatic N) is 3. The van der Waals surface area contributed by atoms with Gasteiger partial charge in [0, 0.05) is 19.3 Å². The number of nitrogens with two attached hydrogens (primary N) is 1. The molecule has 1 amide bonds. The minimum Gasteiger partial charge on any atom is -0.353 e. The largest absolute Gasteiger partial charge is 0.353 e. The molecule has 0 atom stereocenters. The maximum absolute atomic E-state index is 11.4. The average molecular weight is 261 g/mol. The van der Waals surface area contributed by atoms with Crippen LogP contribution < -0.4 is 11.1 Å². The Labute approximate surface area is 99.1 Å². The fourth-order valence-electron chi connectivity index (χ4n) is 1.09. The van der Waals surface area contributed by atoms with Crippen molar-refractivity contribution in [3.8, 4) is 0 Å². The third kappa shape index (κ3) is 5.41. The number of hydrogen-bond acceptors (Lipinski definition) is 6. The third-order valence-electron chi connectivity index (χ3n) is 1.90. The number of rotatable bonds is 6. The van der Waals surface area contributed by atoms with Gasteiger partial charge >= 0.3 is 0 Å². The second-order valence-electron chi connectivity index (χ2n) is 3.59. The zero-order valence-electron chi connectivity index (χ0n) is 9.46. The fraction of sp³-hybridized carbons (Fsp3) is 0.625. The SMILES string of the molecule is CS(=O)(=O)CCNC(=O)Cn1cc(CN)nn1. The van der Waals surface area contributed by atoms with Crippen LogP contribution in [0.25, 0.3) is 0 Å². The second-order valence-corrected chi connectivity index (χ2v) is 5.85. The van der Waals surface area contributed by atoms with Gasteiger partial charge in [-0.15, -0.1) is 5.10 Å². The van der Waals surface area contributed by atoms with Crippen LogP contribution in [0.3, 0.4) is 0 Å². The fourth-order valence-corrected chi connectivity index (χ4v) is 1.56. The molecule has 1 heterocycles. The molecule has 0 aliphatic rings. The highest BCUT2D eigenvalue weighted by Crippen LogP contribution is 1.90. The summed E-state index contributed by atoms with van der Waals surface area (Å²) in [6.45, 7) is 0.350. The topological polar surface area (TPSA) is 120 Å². The Morgan fingerprint density at radius 2 is 2.29 bits per heavy atom. The molecular formula is C8H15N5O3S. The highest BCUT2D eigenvalue weighted by Gasteiger charge is 2.07. The summed E-state index contributed by atoms with van der Waals surface area (Å²) in [5, 5.41) is 9.89. The standard InChI is InChI=1S/C8H15N5O3S/c1-17(15,16)3-2-10-8(14)6-13-5-7(4-9)11-12-13/h5H,2-4,6,9H2,1H3,(H,10,14). The maximum atomic E-state index is 11.4. The van der Waals surface area contributed by atoms with Crippen molar-refractivity contribution in [3.05, 3.63) is 11.9 Å². The molecule has 0 aliphatic carbocycles. The number of carbonyl (C=O) groups is 1. The minimum atomic E-state index is -3.06. The normalized spacial score (nSPS) is 11.4. The van der Waals surface area contributed by atoms with Gasteiger partial charge in [-0.2, -0.15) is 0 Å². The Balaban J connectivity index is 2.34. The molecule has 0 unspecified atom stereocenters. The number of hydrogen-bond donors (Lipinski definition) is 2. The molecule has 0 radical (unpaired) electrons. The second kappa shape index (κ2) is 5.73. The molecule has 1 aromatic rings. The smallest absolute Gasteiger partial charge is 0.241 e. The van der Waals surface area contributed by atoms with Crippen LogP contribution in [0.4, 0.5) is 0 Å². The Bertz CT molecular complexity index is 481. The van der Waals surface area contributed by atoms with Crippen LogP contribution in [0.2, 0.25) is 0 Å². The Hall–Kier alpha value is -1.48. The quantitative estimate of drug-likeness (QED) is 0.605. The van der Waals surface area contributed by atoms with Crippen LogP contribution in [0.5, 0.6) is 0 Å². The number of nitrogens with one attached hydrogen (secondary N) is 1. The first kappa shape index (κ1) is 13.6. The lowest BCUT2D eigenvalue weighted by molar-refractivity contribution is -0.121. The molecule has 9 heteroatoms. The Morgan fingerprint density at radius 3 is 2.82 bits per heavy atom. The predicted molar refractivity (Wildman–Crippen MR) is 60.6 cm³/mol. The molecule has 0 fully saturated rings. The molecule has 8 nitrogen and oxygen atoms in total. The molecule has 0 saturated carbocycles. The van der Waals surface area contributed by atoms with Gasteiger partial charge in [0.2, 0.25) is 5.91 Å². The summed E-state index contributed by atoms with van der Waals surface area (Å²) in [5.41, 5.74) is 5.93. The first-order valence-corrected chi connectivity index (χ1v) is 7.00. The zero-order chi connectivity index (χ0) is 12.9. The van der Waals surface area contributed by atoms with Crippen molar-refractivity contribution in [3.63, 3.8) is 0 Å². The van der Waals surface area contributed by atoms with Crippen LogP contribution in [-0.4, -0.2) is 47.9 Å². The van der Waals surface area contributed by atoms with Crippen molar-refractivity contribution in [2.45, 2.75) is 13.1 Å². The van der Waals surface area contributed by atoms with Crippen molar-refractivity contribution >= 4 is 15.7 Å². The predicted octanol–water partition coefficient (Wildman–Crippen LogP) is -2.10. The lowest BCUT2D eigenvalue weighted by Crippen LogP contribution is -2.31. The van der Waals surface area contributed by atoms with E-state index in [-0.39, 0.29) is 31.3 Å². The molecule has 96 valence electrons. The van der Waals surface area contributed by atoms with E-state index in [9.17, 15) is 13.2 Å². The van der Waals surface area contributed by atoms with Crippen LogP contribution in [0.15, 0.2) is 6.20 Å². The molecule has 0 saturated heterocycles. The van der Waals surface area contributed by atoms with E-state index in [1.807, 2.05) is 0 Å². The summed E-state index contributed by atoms with van der Waals surface area (Å²) in [5.74, 6) is -0.397. The number of aromatic nitrogens is 3. The third-order valence-corrected chi connectivity index (χ3v) is 2.84. The highest BCUT2D eigenvalue weighted by molar-refractivity contribution is 7.90. The van der Waals surface area contributed by atoms with Crippen molar-refractivity contribution in [2.24, 2.45) is 5.73 Å². The van der Waals surface area contributed by atoms with E-state index >= 15 is 0 Å². The van der Waals surface area contributed by atoms with Crippen molar-refractivity contribution in [2.75, 3.05) is 18.6 Å². The van der Waals surface area contributed by atoms with Crippen molar-refractivity contribution in [1.29, 1.82) is 0 Å². The zero-order valence-corrected chi connectivity index (χ0v) is 10.3. The highest BCUT2D eigenvalue weighted by atomic mass is 32.2. The van der Waals surface area contributed by atoms with E-state index in [1.165, 1.54) is 4.68 Å². The summed E-state index contributed by atoms with van der Waals surface area (Å²) in [7, 11) is -3.06. The van der Waals surface area contributed by atoms with E-state index in [2.05, 4.69) is 15.6 Å². The van der Waals surface area contributed by atoms with Crippen LogP contribution in [-0.2, 0) is 27.7 Å². The van der Waals surface area contributed by atoms with Crippen LogP contribution >= 0.6 is 0 Å². The molecule has 17 heavy (non-hydrogen) atoms. The van der Waals surface area contributed by atoms with E-state index in [0.29, 0.717) is 5.69 Å². The van der Waals surface area contributed by atoms with Gasteiger partial charge in [-0.3, -0.25) is 4.79 Å². The van der Waals surface area contributed by atoms with Gasteiger partial charge in [0.05, 0.1) is 17.6 Å². The maximum Gasteiger partial charge on any atom is 0.241 e. The van der Waals surface area contributed by atoms with E-state index in [0.717, 1.165) is 6.26 Å². The Kier molecular flexibility index (Phi) is 4.58. The molecule has 1 rings (SSSR count). The summed E-state index contributed by atoms with van der Waals surface area (Å²) < 4.78 is 23.0. The summed E-state index contributed by atoms with van der Waals surface area (Å²) in [4.78, 5) is 11.4. The molecular weight excluding hydrogens is 246 g/mol. The first-order chi connectivity index (χ1) is 7.90. The van der Waals surface area contributed by atoms with E-state index in [4.69, 9.17) is 5.73 Å². The number of sulfone groups is 1. The van der Waals surface area contributed by atoms with Gasteiger partial charge in [-0.25, -0.2) is 13.1 Å². The van der Waals surface area contributed by atoms with E-state index < -0.39 is 9.84 Å². The van der Waals surface area contributed by atoms with Gasteiger partial charge in [0.1, 0.15) is 16.4 Å². The minimum absolute atomic E-state index is 0.00321. The van der Waals surface area contributed by atoms with E-state index in [1.54, 1.807) is 6.20 Å². The van der Waals surface area contributed by atoms with Gasteiger partial charge in [0.15, 0.2) is 0 Å². The Morgan fingerprint density at radius 1 is 1.59 bits per heavy atom. The molecule has 1 aromatic heterocycles. The lowest BCUT2D eigenvalue weighted by Gasteiger charge is -2.03. The molecule has 0 aromatic carbocycles. The first-order valence-electron chi connectivity index (χ1n) is 4.94. The van der Waals surface area contributed by atoms with Gasteiger partial charge in [0.25, 0.3) is 0 Å². The number of amides is 1.